The second-order valence-electron chi connectivity index (χ2n) is 6.56. The molecule has 0 heterocycles. The molecule has 1 fully saturated rings. The van der Waals surface area contributed by atoms with Gasteiger partial charge in [-0.1, -0.05) is 44.9 Å². The van der Waals surface area contributed by atoms with Gasteiger partial charge in [-0.05, 0) is 64.2 Å². The number of benzene rings is 1. The lowest BCUT2D eigenvalue weighted by molar-refractivity contribution is 0.169. The summed E-state index contributed by atoms with van der Waals surface area (Å²) in [5.41, 5.74) is 1.26. The normalized spacial score (nSPS) is 27.0. The van der Waals surface area contributed by atoms with E-state index in [0.29, 0.717) is 6.04 Å². The smallest absolute Gasteiger partial charge is 0.0551 e. The number of hydrogen-bond donors (Lipinski definition) is 1. The quantitative estimate of drug-likeness (QED) is 0.733. The van der Waals surface area contributed by atoms with Crippen molar-refractivity contribution >= 4 is 27.5 Å². The van der Waals surface area contributed by atoms with Crippen molar-refractivity contribution in [2.24, 2.45) is 17.8 Å². The molecule has 1 aliphatic carbocycles. The van der Waals surface area contributed by atoms with E-state index in [1.807, 2.05) is 6.07 Å². The predicted molar refractivity (Wildman–Crippen MR) is 91.1 cm³/mol. The van der Waals surface area contributed by atoms with Crippen LogP contribution in [0, 0.1) is 17.8 Å². The minimum atomic E-state index is 0.640. The summed E-state index contributed by atoms with van der Waals surface area (Å²) in [6.45, 7) is 7.99. The fourth-order valence-electron chi connectivity index (χ4n) is 3.34. The first-order valence-corrected chi connectivity index (χ1v) is 8.81. The molecule has 0 aliphatic heterocycles. The summed E-state index contributed by atoms with van der Waals surface area (Å²) in [6.07, 6.45) is 4.04. The Morgan fingerprint density at radius 1 is 1.35 bits per heavy atom. The van der Waals surface area contributed by atoms with E-state index in [1.165, 1.54) is 24.8 Å². The van der Waals surface area contributed by atoms with Crippen LogP contribution in [0.4, 0.5) is 0 Å². The molecule has 20 heavy (non-hydrogen) atoms. The highest BCUT2D eigenvalue weighted by molar-refractivity contribution is 9.10. The van der Waals surface area contributed by atoms with E-state index in [2.05, 4.69) is 54.2 Å². The SMILES string of the molecule is CC1CCC(C(C)C)C(NCc2ccc(Br)c(Cl)c2)C1. The molecule has 0 amide bonds. The Morgan fingerprint density at radius 3 is 2.75 bits per heavy atom. The summed E-state index contributed by atoms with van der Waals surface area (Å²) in [7, 11) is 0. The van der Waals surface area contributed by atoms with Crippen LogP contribution in [0.5, 0.6) is 0 Å². The van der Waals surface area contributed by atoms with Crippen LogP contribution in [0.1, 0.15) is 45.6 Å². The monoisotopic (exact) mass is 357 g/mol. The molecule has 112 valence electrons. The zero-order chi connectivity index (χ0) is 14.7. The van der Waals surface area contributed by atoms with E-state index >= 15 is 0 Å². The second kappa shape index (κ2) is 7.29. The summed E-state index contributed by atoms with van der Waals surface area (Å²) >= 11 is 9.60. The molecule has 1 aliphatic rings. The standard InChI is InChI=1S/C17H25BrClN/c1-11(2)14-6-4-12(3)8-17(14)20-10-13-5-7-15(18)16(19)9-13/h5,7,9,11-12,14,17,20H,4,6,8,10H2,1-3H3. The molecule has 1 nitrogen and oxygen atoms in total. The molecule has 3 unspecified atom stereocenters. The highest BCUT2D eigenvalue weighted by Crippen LogP contribution is 2.33. The Bertz CT molecular complexity index is 447. The fourth-order valence-corrected chi connectivity index (χ4v) is 3.79. The molecule has 0 spiro atoms. The largest absolute Gasteiger partial charge is 0.310 e. The number of nitrogens with one attached hydrogen (secondary N) is 1. The van der Waals surface area contributed by atoms with E-state index in [1.54, 1.807) is 0 Å². The van der Waals surface area contributed by atoms with Gasteiger partial charge in [-0.15, -0.1) is 0 Å². The highest BCUT2D eigenvalue weighted by Gasteiger charge is 2.30. The molecular weight excluding hydrogens is 334 g/mol. The summed E-state index contributed by atoms with van der Waals surface area (Å²) in [5.74, 6) is 2.40. The van der Waals surface area contributed by atoms with E-state index in [9.17, 15) is 0 Å². The molecule has 0 saturated heterocycles. The fraction of sp³-hybridized carbons (Fsp3) is 0.647. The van der Waals surface area contributed by atoms with Gasteiger partial charge in [0.1, 0.15) is 0 Å². The predicted octanol–water partition coefficient (Wildman–Crippen LogP) is 5.65. The van der Waals surface area contributed by atoms with Crippen molar-refractivity contribution in [2.45, 2.75) is 52.6 Å². The van der Waals surface area contributed by atoms with Crippen molar-refractivity contribution in [3.63, 3.8) is 0 Å². The Balaban J connectivity index is 1.98. The average molecular weight is 359 g/mol. The van der Waals surface area contributed by atoms with Crippen molar-refractivity contribution in [1.82, 2.24) is 5.32 Å². The number of halogens is 2. The molecule has 0 radical (unpaired) electrons. The van der Waals surface area contributed by atoms with E-state index < -0.39 is 0 Å². The van der Waals surface area contributed by atoms with Crippen molar-refractivity contribution in [1.29, 1.82) is 0 Å². The maximum absolute atomic E-state index is 6.16. The van der Waals surface area contributed by atoms with Gasteiger partial charge < -0.3 is 5.32 Å². The molecule has 0 aromatic heterocycles. The van der Waals surface area contributed by atoms with Gasteiger partial charge in [0.05, 0.1) is 5.02 Å². The molecule has 1 N–H and O–H groups in total. The lowest BCUT2D eigenvalue weighted by Gasteiger charge is -2.38. The van der Waals surface area contributed by atoms with Crippen LogP contribution in [0.25, 0.3) is 0 Å². The van der Waals surface area contributed by atoms with Crippen molar-refractivity contribution < 1.29 is 0 Å². The molecule has 1 saturated carbocycles. The maximum atomic E-state index is 6.16. The summed E-state index contributed by atoms with van der Waals surface area (Å²) in [6, 6.07) is 6.86. The highest BCUT2D eigenvalue weighted by atomic mass is 79.9. The van der Waals surface area contributed by atoms with Crippen LogP contribution in [0.15, 0.2) is 22.7 Å². The Labute approximate surface area is 136 Å². The second-order valence-corrected chi connectivity index (χ2v) is 7.82. The number of rotatable bonds is 4. The van der Waals surface area contributed by atoms with E-state index in [-0.39, 0.29) is 0 Å². The zero-order valence-corrected chi connectivity index (χ0v) is 15.0. The van der Waals surface area contributed by atoms with Crippen LogP contribution < -0.4 is 5.32 Å². The Kier molecular flexibility index (Phi) is 5.95. The van der Waals surface area contributed by atoms with Crippen molar-refractivity contribution in [3.8, 4) is 0 Å². The van der Waals surface area contributed by atoms with Gasteiger partial charge >= 0.3 is 0 Å². The minimum Gasteiger partial charge on any atom is -0.310 e. The van der Waals surface area contributed by atoms with Crippen LogP contribution in [0.3, 0.4) is 0 Å². The van der Waals surface area contributed by atoms with Crippen molar-refractivity contribution in [2.75, 3.05) is 0 Å². The summed E-state index contributed by atoms with van der Waals surface area (Å²) < 4.78 is 0.967. The first-order valence-electron chi connectivity index (χ1n) is 7.64. The van der Waals surface area contributed by atoms with Gasteiger partial charge in [-0.25, -0.2) is 0 Å². The minimum absolute atomic E-state index is 0.640. The van der Waals surface area contributed by atoms with Crippen molar-refractivity contribution in [3.05, 3.63) is 33.3 Å². The molecular formula is C17H25BrClN. The topological polar surface area (TPSA) is 12.0 Å². The van der Waals surface area contributed by atoms with Gasteiger partial charge in [-0.3, -0.25) is 0 Å². The lowest BCUT2D eigenvalue weighted by atomic mass is 9.74. The van der Waals surface area contributed by atoms with E-state index in [4.69, 9.17) is 11.6 Å². The van der Waals surface area contributed by atoms with Gasteiger partial charge in [0, 0.05) is 17.1 Å². The van der Waals surface area contributed by atoms with Crippen LogP contribution in [0.2, 0.25) is 5.02 Å². The molecule has 2 rings (SSSR count). The number of hydrogen-bond acceptors (Lipinski definition) is 1. The third-order valence-corrected chi connectivity index (χ3v) is 5.81. The van der Waals surface area contributed by atoms with Crippen LogP contribution in [-0.4, -0.2) is 6.04 Å². The zero-order valence-electron chi connectivity index (χ0n) is 12.6. The van der Waals surface area contributed by atoms with Crippen LogP contribution >= 0.6 is 27.5 Å². The molecule has 1 aromatic rings. The van der Waals surface area contributed by atoms with Gasteiger partial charge in [0.15, 0.2) is 0 Å². The van der Waals surface area contributed by atoms with Gasteiger partial charge in [0.2, 0.25) is 0 Å². The average Bonchev–Trinajstić information content (AvgIpc) is 2.40. The Hall–Kier alpha value is -0.0500. The lowest BCUT2D eigenvalue weighted by Crippen LogP contribution is -2.42. The molecule has 0 bridgehead atoms. The third kappa shape index (κ3) is 4.22. The first kappa shape index (κ1) is 16.3. The molecule has 1 aromatic carbocycles. The first-order chi connectivity index (χ1) is 9.47. The van der Waals surface area contributed by atoms with Gasteiger partial charge in [0.25, 0.3) is 0 Å². The third-order valence-electron chi connectivity index (χ3n) is 4.57. The maximum Gasteiger partial charge on any atom is 0.0551 e. The van der Waals surface area contributed by atoms with E-state index in [0.717, 1.165) is 33.8 Å². The van der Waals surface area contributed by atoms with Gasteiger partial charge in [-0.2, -0.15) is 0 Å². The van der Waals surface area contributed by atoms with Crippen LogP contribution in [-0.2, 0) is 6.54 Å². The Morgan fingerprint density at radius 2 is 2.10 bits per heavy atom. The summed E-state index contributed by atoms with van der Waals surface area (Å²) in [4.78, 5) is 0. The molecule has 3 atom stereocenters. The molecule has 3 heteroatoms. The summed E-state index contributed by atoms with van der Waals surface area (Å²) in [5, 5.41) is 4.57.